The van der Waals surface area contributed by atoms with E-state index in [0.717, 1.165) is 0 Å². The first-order chi connectivity index (χ1) is 8.56. The molecule has 0 amide bonds. The lowest BCUT2D eigenvalue weighted by Crippen LogP contribution is -1.97. The molecule has 0 atom stereocenters. The first-order valence-electron chi connectivity index (χ1n) is 5.28. The topological polar surface area (TPSA) is 62.3 Å². The van der Waals surface area contributed by atoms with E-state index >= 15 is 0 Å². The van der Waals surface area contributed by atoms with E-state index in [9.17, 15) is 0 Å². The summed E-state index contributed by atoms with van der Waals surface area (Å²) in [6.07, 6.45) is 0. The van der Waals surface area contributed by atoms with Crippen molar-refractivity contribution in [1.82, 2.24) is 9.78 Å². The van der Waals surface area contributed by atoms with Crippen molar-refractivity contribution in [3.63, 3.8) is 0 Å². The highest BCUT2D eigenvalue weighted by Crippen LogP contribution is 2.39. The molecule has 0 spiro atoms. The molecule has 0 aliphatic heterocycles. The van der Waals surface area contributed by atoms with Crippen molar-refractivity contribution in [2.45, 2.75) is 0 Å². The lowest BCUT2D eigenvalue weighted by molar-refractivity contribution is 0.395. The molecule has 0 saturated carbocycles. The average Bonchev–Trinajstić information content (AvgIpc) is 2.67. The van der Waals surface area contributed by atoms with Gasteiger partial charge in [0.05, 0.1) is 30.5 Å². The largest absolute Gasteiger partial charge is 0.497 e. The highest BCUT2D eigenvalue weighted by molar-refractivity contribution is 6.33. The fourth-order valence-corrected chi connectivity index (χ4v) is 1.99. The smallest absolute Gasteiger partial charge is 0.133 e. The Kier molecular flexibility index (Phi) is 3.34. The van der Waals surface area contributed by atoms with Crippen LogP contribution in [0.15, 0.2) is 18.2 Å². The third kappa shape index (κ3) is 2.09. The lowest BCUT2D eigenvalue weighted by Gasteiger charge is -2.10. The number of nitrogens with two attached hydrogens (primary N) is 1. The molecule has 0 unspecified atom stereocenters. The Hall–Kier alpha value is -1.88. The number of hydrogen-bond acceptors (Lipinski definition) is 4. The second kappa shape index (κ2) is 4.78. The summed E-state index contributed by atoms with van der Waals surface area (Å²) in [7, 11) is 4.91. The molecule has 5 nitrogen and oxygen atoms in total. The van der Waals surface area contributed by atoms with E-state index in [4.69, 9.17) is 26.8 Å². The van der Waals surface area contributed by atoms with E-state index in [1.54, 1.807) is 44.1 Å². The van der Waals surface area contributed by atoms with E-state index in [0.29, 0.717) is 33.6 Å². The Labute approximate surface area is 110 Å². The number of ether oxygens (including phenoxy) is 2. The summed E-state index contributed by atoms with van der Waals surface area (Å²) in [5, 5.41) is 4.80. The zero-order valence-corrected chi connectivity index (χ0v) is 11.2. The van der Waals surface area contributed by atoms with Gasteiger partial charge in [0.2, 0.25) is 0 Å². The number of rotatable bonds is 3. The Morgan fingerprint density at radius 2 is 1.94 bits per heavy atom. The number of methoxy groups -OCH3 is 2. The molecule has 1 aromatic carbocycles. The van der Waals surface area contributed by atoms with Crippen molar-refractivity contribution in [2.75, 3.05) is 20.0 Å². The molecule has 2 N–H and O–H groups in total. The maximum atomic E-state index is 6.24. The van der Waals surface area contributed by atoms with Gasteiger partial charge >= 0.3 is 0 Å². The molecular formula is C12H14ClN3O2. The Morgan fingerprint density at radius 1 is 1.22 bits per heavy atom. The summed E-state index contributed by atoms with van der Waals surface area (Å²) in [4.78, 5) is 0. The van der Waals surface area contributed by atoms with Crippen LogP contribution in [-0.2, 0) is 7.05 Å². The van der Waals surface area contributed by atoms with Crippen molar-refractivity contribution in [3.8, 4) is 22.8 Å². The third-order valence-corrected chi connectivity index (χ3v) is 2.95. The van der Waals surface area contributed by atoms with Crippen LogP contribution in [0, 0.1) is 0 Å². The number of hydrogen-bond donors (Lipinski definition) is 1. The SMILES string of the molecule is COc1cc(Cl)c(-c2cc(N)n(C)n2)c(OC)c1. The molecule has 0 aliphatic carbocycles. The van der Waals surface area contributed by atoms with Gasteiger partial charge in [-0.15, -0.1) is 0 Å². The van der Waals surface area contributed by atoms with Crippen LogP contribution in [0.25, 0.3) is 11.3 Å². The molecule has 0 radical (unpaired) electrons. The number of aryl methyl sites for hydroxylation is 1. The fraction of sp³-hybridized carbons (Fsp3) is 0.250. The van der Waals surface area contributed by atoms with E-state index < -0.39 is 0 Å². The van der Waals surface area contributed by atoms with E-state index in [1.807, 2.05) is 0 Å². The Bertz CT molecular complexity index is 561. The second-order valence-electron chi connectivity index (χ2n) is 3.76. The summed E-state index contributed by atoms with van der Waals surface area (Å²) < 4.78 is 12.0. The van der Waals surface area contributed by atoms with Crippen LogP contribution in [0.1, 0.15) is 0 Å². The number of halogens is 1. The van der Waals surface area contributed by atoms with E-state index in [2.05, 4.69) is 5.10 Å². The van der Waals surface area contributed by atoms with Gasteiger partial charge in [-0.1, -0.05) is 11.6 Å². The van der Waals surface area contributed by atoms with Crippen LogP contribution in [0.2, 0.25) is 5.02 Å². The van der Waals surface area contributed by atoms with Gasteiger partial charge in [0.1, 0.15) is 17.3 Å². The van der Waals surface area contributed by atoms with Gasteiger partial charge < -0.3 is 15.2 Å². The van der Waals surface area contributed by atoms with Gasteiger partial charge in [0, 0.05) is 19.2 Å². The van der Waals surface area contributed by atoms with Crippen LogP contribution in [0.3, 0.4) is 0 Å². The number of aromatic nitrogens is 2. The van der Waals surface area contributed by atoms with Gasteiger partial charge in [0.15, 0.2) is 0 Å². The molecule has 1 heterocycles. The molecule has 0 saturated heterocycles. The van der Waals surface area contributed by atoms with Gasteiger partial charge in [-0.2, -0.15) is 5.10 Å². The zero-order chi connectivity index (χ0) is 13.3. The monoisotopic (exact) mass is 267 g/mol. The predicted octanol–water partition coefficient (Wildman–Crippen LogP) is 2.34. The predicted molar refractivity (Wildman–Crippen MR) is 71.2 cm³/mol. The number of anilines is 1. The summed E-state index contributed by atoms with van der Waals surface area (Å²) in [5.41, 5.74) is 7.13. The maximum Gasteiger partial charge on any atom is 0.133 e. The molecule has 2 aromatic rings. The van der Waals surface area contributed by atoms with Crippen molar-refractivity contribution < 1.29 is 9.47 Å². The van der Waals surface area contributed by atoms with Gasteiger partial charge in [0.25, 0.3) is 0 Å². The van der Waals surface area contributed by atoms with Crippen LogP contribution in [0.4, 0.5) is 5.82 Å². The summed E-state index contributed by atoms with van der Waals surface area (Å²) in [6, 6.07) is 5.21. The average molecular weight is 268 g/mol. The van der Waals surface area contributed by atoms with E-state index in [1.165, 1.54) is 0 Å². The van der Waals surface area contributed by atoms with Gasteiger partial charge in [-0.05, 0) is 6.07 Å². The third-order valence-electron chi connectivity index (χ3n) is 2.66. The highest BCUT2D eigenvalue weighted by Gasteiger charge is 2.16. The Balaban J connectivity index is 2.62. The molecular weight excluding hydrogens is 254 g/mol. The molecule has 0 aliphatic rings. The Morgan fingerprint density at radius 3 is 2.44 bits per heavy atom. The van der Waals surface area contributed by atoms with Crippen molar-refractivity contribution in [3.05, 3.63) is 23.2 Å². The molecule has 6 heteroatoms. The maximum absolute atomic E-state index is 6.24. The van der Waals surface area contributed by atoms with Crippen molar-refractivity contribution >= 4 is 17.4 Å². The van der Waals surface area contributed by atoms with Gasteiger partial charge in [-0.3, -0.25) is 4.68 Å². The minimum Gasteiger partial charge on any atom is -0.497 e. The number of nitrogen functional groups attached to an aromatic ring is 1. The first kappa shape index (κ1) is 12.6. The van der Waals surface area contributed by atoms with E-state index in [-0.39, 0.29) is 0 Å². The fourth-order valence-electron chi connectivity index (χ4n) is 1.69. The molecule has 1 aromatic heterocycles. The molecule has 2 rings (SSSR count). The van der Waals surface area contributed by atoms with Crippen LogP contribution in [0.5, 0.6) is 11.5 Å². The van der Waals surface area contributed by atoms with Gasteiger partial charge in [-0.25, -0.2) is 0 Å². The van der Waals surface area contributed by atoms with Crippen LogP contribution < -0.4 is 15.2 Å². The number of nitrogens with zero attached hydrogens (tertiary/aromatic N) is 2. The highest BCUT2D eigenvalue weighted by atomic mass is 35.5. The first-order valence-corrected chi connectivity index (χ1v) is 5.66. The summed E-state index contributed by atoms with van der Waals surface area (Å²) in [6.45, 7) is 0. The van der Waals surface area contributed by atoms with Crippen molar-refractivity contribution in [1.29, 1.82) is 0 Å². The second-order valence-corrected chi connectivity index (χ2v) is 4.17. The number of benzene rings is 1. The molecule has 18 heavy (non-hydrogen) atoms. The zero-order valence-electron chi connectivity index (χ0n) is 10.4. The van der Waals surface area contributed by atoms with Crippen LogP contribution in [-0.4, -0.2) is 24.0 Å². The quantitative estimate of drug-likeness (QED) is 0.927. The molecule has 96 valence electrons. The minimum absolute atomic E-state index is 0.504. The normalized spacial score (nSPS) is 10.4. The lowest BCUT2D eigenvalue weighted by atomic mass is 10.1. The molecule has 0 bridgehead atoms. The minimum atomic E-state index is 0.504. The van der Waals surface area contributed by atoms with Crippen molar-refractivity contribution in [2.24, 2.45) is 7.05 Å². The summed E-state index contributed by atoms with van der Waals surface area (Å²) in [5.74, 6) is 1.78. The van der Waals surface area contributed by atoms with Crippen LogP contribution >= 0.6 is 11.6 Å². The standard InChI is InChI=1S/C12H14ClN3O2/c1-16-11(14)6-9(15-16)12-8(13)4-7(17-2)5-10(12)18-3/h4-6H,14H2,1-3H3. The summed E-state index contributed by atoms with van der Waals surface area (Å²) >= 11 is 6.24. The molecule has 0 fully saturated rings.